The molecule has 8 heteroatoms. The van der Waals surface area contributed by atoms with Gasteiger partial charge < -0.3 is 4.74 Å². The van der Waals surface area contributed by atoms with Crippen LogP contribution in [0.5, 0.6) is 0 Å². The van der Waals surface area contributed by atoms with Gasteiger partial charge in [0.25, 0.3) is 5.91 Å². The van der Waals surface area contributed by atoms with Gasteiger partial charge in [-0.2, -0.15) is 0 Å². The summed E-state index contributed by atoms with van der Waals surface area (Å²) in [7, 11) is 1.57. The van der Waals surface area contributed by atoms with Crippen LogP contribution in [0, 0.1) is 6.92 Å². The quantitative estimate of drug-likeness (QED) is 0.777. The number of methoxy groups -OCH3 is 1. The van der Waals surface area contributed by atoms with Crippen molar-refractivity contribution < 1.29 is 9.53 Å². The molecule has 1 aromatic carbocycles. The molecule has 3 rings (SSSR count). The largest absolute Gasteiger partial charge is 0.378 e. The van der Waals surface area contributed by atoms with Crippen LogP contribution >= 0.6 is 11.3 Å². The zero-order valence-electron chi connectivity index (χ0n) is 12.7. The van der Waals surface area contributed by atoms with Gasteiger partial charge in [0.1, 0.15) is 5.69 Å². The number of benzene rings is 1. The monoisotopic (exact) mass is 329 g/mol. The second-order valence-corrected chi connectivity index (χ2v) is 5.75. The molecule has 0 bridgehead atoms. The van der Waals surface area contributed by atoms with E-state index in [0.29, 0.717) is 10.8 Å². The van der Waals surface area contributed by atoms with Gasteiger partial charge in [-0.15, -0.1) is 16.4 Å². The van der Waals surface area contributed by atoms with Gasteiger partial charge in [0.05, 0.1) is 12.3 Å². The van der Waals surface area contributed by atoms with Crippen LogP contribution in [0.3, 0.4) is 0 Å². The van der Waals surface area contributed by atoms with E-state index in [1.165, 1.54) is 11.3 Å². The molecule has 0 radical (unpaired) electrons. The second-order valence-electron chi connectivity index (χ2n) is 4.86. The Morgan fingerprint density at radius 2 is 2.30 bits per heavy atom. The van der Waals surface area contributed by atoms with Gasteiger partial charge in [-0.3, -0.25) is 10.1 Å². The van der Waals surface area contributed by atoms with E-state index in [4.69, 9.17) is 4.74 Å². The lowest BCUT2D eigenvalue weighted by molar-refractivity contribution is 0.101. The van der Waals surface area contributed by atoms with Gasteiger partial charge in [0.2, 0.25) is 0 Å². The Bertz CT molecular complexity index is 813. The van der Waals surface area contributed by atoms with Crippen molar-refractivity contribution in [3.63, 3.8) is 0 Å². The number of ether oxygens (including phenoxy) is 1. The maximum absolute atomic E-state index is 12.4. The Kier molecular flexibility index (Phi) is 4.45. The molecule has 7 nitrogen and oxygen atoms in total. The molecule has 1 N–H and O–H groups in total. The first-order chi connectivity index (χ1) is 11.2. The number of thiazole rings is 1. The summed E-state index contributed by atoms with van der Waals surface area (Å²) in [5.41, 5.74) is 2.74. The lowest BCUT2D eigenvalue weighted by atomic mass is 10.2. The summed E-state index contributed by atoms with van der Waals surface area (Å²) in [6.07, 6.45) is 1.62. The molecule has 118 valence electrons. The topological polar surface area (TPSA) is 81.9 Å². The zero-order valence-corrected chi connectivity index (χ0v) is 13.5. The Morgan fingerprint density at radius 1 is 1.43 bits per heavy atom. The van der Waals surface area contributed by atoms with Crippen LogP contribution in [0.4, 0.5) is 5.13 Å². The first kappa shape index (κ1) is 15.3. The van der Waals surface area contributed by atoms with E-state index in [9.17, 15) is 4.79 Å². The summed E-state index contributed by atoms with van der Waals surface area (Å²) < 4.78 is 6.83. The summed E-state index contributed by atoms with van der Waals surface area (Å²) in [5, 5.41) is 13.1. The Morgan fingerprint density at radius 3 is 3.00 bits per heavy atom. The van der Waals surface area contributed by atoms with Gasteiger partial charge in [-0.1, -0.05) is 17.3 Å². The van der Waals surface area contributed by atoms with Gasteiger partial charge in [0.15, 0.2) is 10.8 Å². The molecule has 0 aliphatic heterocycles. The van der Waals surface area contributed by atoms with Crippen LogP contribution < -0.4 is 5.32 Å². The molecule has 0 saturated carbocycles. The van der Waals surface area contributed by atoms with Crippen molar-refractivity contribution in [1.82, 2.24) is 20.0 Å². The van der Waals surface area contributed by atoms with Gasteiger partial charge in [-0.05, 0) is 24.6 Å². The van der Waals surface area contributed by atoms with Crippen molar-refractivity contribution >= 4 is 22.4 Å². The van der Waals surface area contributed by atoms with Crippen LogP contribution in [-0.4, -0.2) is 33.0 Å². The standard InChI is InChI=1S/C15H15N5O2S/c1-10-4-3-5-11(8-10)20-12(9-22-2)13(18-19-20)14(21)17-15-16-6-7-23-15/h3-8H,9H2,1-2H3,(H,16,17,21). The molecule has 0 aliphatic rings. The minimum atomic E-state index is -0.356. The molecular formula is C15H15N5O2S. The number of hydrogen-bond donors (Lipinski definition) is 1. The molecule has 0 spiro atoms. The maximum Gasteiger partial charge on any atom is 0.280 e. The molecule has 0 aliphatic carbocycles. The van der Waals surface area contributed by atoms with Crippen molar-refractivity contribution in [3.05, 3.63) is 52.8 Å². The summed E-state index contributed by atoms with van der Waals surface area (Å²) >= 11 is 1.34. The summed E-state index contributed by atoms with van der Waals surface area (Å²) in [6.45, 7) is 2.22. The highest BCUT2D eigenvalue weighted by atomic mass is 32.1. The fourth-order valence-electron chi connectivity index (χ4n) is 2.15. The van der Waals surface area contributed by atoms with Crippen LogP contribution in [0.15, 0.2) is 35.8 Å². The number of anilines is 1. The SMILES string of the molecule is COCc1c(C(=O)Nc2nccs2)nnn1-c1cccc(C)c1. The number of nitrogens with one attached hydrogen (secondary N) is 1. The molecule has 2 heterocycles. The maximum atomic E-state index is 12.4. The highest BCUT2D eigenvalue weighted by Crippen LogP contribution is 2.17. The van der Waals surface area contributed by atoms with Crippen LogP contribution in [0.1, 0.15) is 21.7 Å². The summed E-state index contributed by atoms with van der Waals surface area (Å²) in [6, 6.07) is 7.80. The van der Waals surface area contributed by atoms with E-state index in [-0.39, 0.29) is 18.2 Å². The number of nitrogens with zero attached hydrogens (tertiary/aromatic N) is 4. The molecule has 1 amide bonds. The van der Waals surface area contributed by atoms with Crippen LogP contribution in [0.25, 0.3) is 5.69 Å². The molecule has 3 aromatic rings. The third-order valence-corrected chi connectivity index (χ3v) is 3.85. The van der Waals surface area contributed by atoms with E-state index >= 15 is 0 Å². The molecule has 0 fully saturated rings. The smallest absolute Gasteiger partial charge is 0.280 e. The van der Waals surface area contributed by atoms with Crippen molar-refractivity contribution in [1.29, 1.82) is 0 Å². The number of aryl methyl sites for hydroxylation is 1. The van der Waals surface area contributed by atoms with Crippen molar-refractivity contribution in [3.8, 4) is 5.69 Å². The Hall–Kier alpha value is -2.58. The molecule has 23 heavy (non-hydrogen) atoms. The average Bonchev–Trinajstić information content (AvgIpc) is 3.17. The van der Waals surface area contributed by atoms with Crippen molar-refractivity contribution in [2.24, 2.45) is 0 Å². The molecule has 0 saturated heterocycles. The van der Waals surface area contributed by atoms with Gasteiger partial charge >= 0.3 is 0 Å². The molecule has 0 atom stereocenters. The minimum Gasteiger partial charge on any atom is -0.378 e. The number of hydrogen-bond acceptors (Lipinski definition) is 6. The van der Waals surface area contributed by atoms with Gasteiger partial charge in [-0.25, -0.2) is 9.67 Å². The zero-order chi connectivity index (χ0) is 16.2. The van der Waals surface area contributed by atoms with E-state index in [1.807, 2.05) is 31.2 Å². The number of carbonyl (C=O) groups is 1. The number of amides is 1. The average molecular weight is 329 g/mol. The van der Waals surface area contributed by atoms with Gasteiger partial charge in [0, 0.05) is 18.7 Å². The second kappa shape index (κ2) is 6.67. The third-order valence-electron chi connectivity index (χ3n) is 3.16. The third kappa shape index (κ3) is 3.27. The summed E-state index contributed by atoms with van der Waals surface area (Å²) in [4.78, 5) is 16.4. The fourth-order valence-corrected chi connectivity index (χ4v) is 2.68. The summed E-state index contributed by atoms with van der Waals surface area (Å²) in [5.74, 6) is -0.356. The Balaban J connectivity index is 1.96. The highest BCUT2D eigenvalue weighted by Gasteiger charge is 2.21. The minimum absolute atomic E-state index is 0.224. The van der Waals surface area contributed by atoms with E-state index in [2.05, 4.69) is 20.6 Å². The lowest BCUT2D eigenvalue weighted by Gasteiger charge is -2.07. The number of carbonyl (C=O) groups excluding carboxylic acids is 1. The van der Waals surface area contributed by atoms with Crippen LogP contribution in [0.2, 0.25) is 0 Å². The van der Waals surface area contributed by atoms with E-state index in [1.54, 1.807) is 23.4 Å². The molecule has 2 aromatic heterocycles. The first-order valence-electron chi connectivity index (χ1n) is 6.90. The van der Waals surface area contributed by atoms with E-state index in [0.717, 1.165) is 11.3 Å². The molecular weight excluding hydrogens is 314 g/mol. The highest BCUT2D eigenvalue weighted by molar-refractivity contribution is 7.13. The first-order valence-corrected chi connectivity index (χ1v) is 7.78. The number of rotatable bonds is 5. The number of aromatic nitrogens is 4. The fraction of sp³-hybridized carbons (Fsp3) is 0.200. The van der Waals surface area contributed by atoms with E-state index < -0.39 is 0 Å². The normalized spacial score (nSPS) is 10.7. The van der Waals surface area contributed by atoms with Crippen molar-refractivity contribution in [2.75, 3.05) is 12.4 Å². The Labute approximate surface area is 136 Å². The van der Waals surface area contributed by atoms with Crippen LogP contribution in [-0.2, 0) is 11.3 Å². The van der Waals surface area contributed by atoms with Crippen molar-refractivity contribution in [2.45, 2.75) is 13.5 Å². The predicted molar refractivity (Wildman–Crippen MR) is 86.9 cm³/mol. The predicted octanol–water partition coefficient (Wildman–Crippen LogP) is 2.43. The molecule has 0 unspecified atom stereocenters. The lowest BCUT2D eigenvalue weighted by Crippen LogP contribution is -2.15.